The molecular weight excluding hydrogens is 399 g/mol. The van der Waals surface area contributed by atoms with Crippen LogP contribution in [0.1, 0.15) is 19.8 Å². The fourth-order valence-corrected chi connectivity index (χ4v) is 5.13. The van der Waals surface area contributed by atoms with E-state index in [4.69, 9.17) is 17.3 Å². The summed E-state index contributed by atoms with van der Waals surface area (Å²) in [5, 5.41) is 0.400. The molecule has 1 fully saturated rings. The summed E-state index contributed by atoms with van der Waals surface area (Å²) in [5.74, 6) is 0.393. The molecule has 0 spiro atoms. The van der Waals surface area contributed by atoms with Crippen LogP contribution < -0.4 is 5.73 Å². The van der Waals surface area contributed by atoms with Crippen LogP contribution in [0.5, 0.6) is 0 Å². The van der Waals surface area contributed by atoms with Crippen molar-refractivity contribution in [3.63, 3.8) is 0 Å². The van der Waals surface area contributed by atoms with Crippen LogP contribution in [-0.4, -0.2) is 31.9 Å². The highest BCUT2D eigenvalue weighted by molar-refractivity contribution is 9.10. The molecule has 1 unspecified atom stereocenters. The lowest BCUT2D eigenvalue weighted by molar-refractivity contribution is 0.250. The molecule has 21 heavy (non-hydrogen) atoms. The van der Waals surface area contributed by atoms with Crippen molar-refractivity contribution in [3.8, 4) is 0 Å². The zero-order valence-electron chi connectivity index (χ0n) is 11.6. The van der Waals surface area contributed by atoms with Crippen LogP contribution in [-0.2, 0) is 10.0 Å². The lowest BCUT2D eigenvalue weighted by Crippen LogP contribution is -2.42. The second-order valence-corrected chi connectivity index (χ2v) is 8.26. The predicted molar refractivity (Wildman–Crippen MR) is 91.5 cm³/mol. The largest absolute Gasteiger partial charge is 0.328 e. The number of hydrogen-bond donors (Lipinski definition) is 1. The summed E-state index contributed by atoms with van der Waals surface area (Å²) >= 11 is 9.24. The van der Waals surface area contributed by atoms with E-state index in [1.807, 2.05) is 6.92 Å². The van der Waals surface area contributed by atoms with Crippen LogP contribution in [0.15, 0.2) is 27.6 Å². The van der Waals surface area contributed by atoms with Crippen molar-refractivity contribution in [2.24, 2.45) is 11.7 Å². The van der Waals surface area contributed by atoms with E-state index < -0.39 is 10.0 Å². The third-order valence-electron chi connectivity index (χ3n) is 3.78. The number of sulfonamides is 1. The average molecular weight is 418 g/mol. The minimum atomic E-state index is -3.50. The van der Waals surface area contributed by atoms with Gasteiger partial charge in [0.1, 0.15) is 0 Å². The van der Waals surface area contributed by atoms with Crippen LogP contribution in [0.3, 0.4) is 0 Å². The number of halogens is 3. The topological polar surface area (TPSA) is 63.4 Å². The van der Waals surface area contributed by atoms with Crippen LogP contribution in [0, 0.1) is 5.92 Å². The standard InChI is InChI=1S/C13H18BrClN2O2S.ClH/c1-9(16)10-5-7-17(8-6-10)20(18,19)12-4-2-3-11(15)13(12)14;/h2-4,9-10H,5-8,16H2,1H3;1H. The van der Waals surface area contributed by atoms with Gasteiger partial charge in [0, 0.05) is 19.1 Å². The smallest absolute Gasteiger partial charge is 0.244 e. The van der Waals surface area contributed by atoms with Crippen molar-refractivity contribution in [1.29, 1.82) is 0 Å². The van der Waals surface area contributed by atoms with Crippen molar-refractivity contribution in [3.05, 3.63) is 27.7 Å². The first-order chi connectivity index (χ1) is 9.34. The molecule has 0 amide bonds. The van der Waals surface area contributed by atoms with E-state index in [9.17, 15) is 8.42 Å². The maximum absolute atomic E-state index is 12.6. The number of nitrogens with two attached hydrogens (primary N) is 1. The lowest BCUT2D eigenvalue weighted by atomic mass is 9.92. The molecule has 0 radical (unpaired) electrons. The molecule has 2 rings (SSSR count). The molecule has 1 aliphatic rings. The Morgan fingerprint density at radius 3 is 2.48 bits per heavy atom. The zero-order valence-corrected chi connectivity index (χ0v) is 15.6. The number of piperidine rings is 1. The minimum absolute atomic E-state index is 0. The maximum atomic E-state index is 12.6. The Hall–Kier alpha value is 0.150. The molecule has 120 valence electrons. The molecular formula is C13H19BrCl2N2O2S. The van der Waals surface area contributed by atoms with Crippen LogP contribution in [0.25, 0.3) is 0 Å². The molecule has 4 nitrogen and oxygen atoms in total. The highest BCUT2D eigenvalue weighted by Crippen LogP contribution is 2.33. The molecule has 2 N–H and O–H groups in total. The summed E-state index contributed by atoms with van der Waals surface area (Å²) in [6, 6.07) is 4.99. The molecule has 0 aromatic heterocycles. The van der Waals surface area contributed by atoms with Gasteiger partial charge >= 0.3 is 0 Å². The Morgan fingerprint density at radius 2 is 1.95 bits per heavy atom. The Bertz CT molecular complexity index is 588. The summed E-state index contributed by atoms with van der Waals surface area (Å²) < 4.78 is 27.2. The molecule has 1 aliphatic heterocycles. The lowest BCUT2D eigenvalue weighted by Gasteiger charge is -2.33. The van der Waals surface area contributed by atoms with E-state index in [0.29, 0.717) is 28.5 Å². The predicted octanol–water partition coefficient (Wildman–Crippen LogP) is 3.27. The second-order valence-electron chi connectivity index (χ2n) is 5.15. The Balaban J connectivity index is 0.00000220. The third-order valence-corrected chi connectivity index (χ3v) is 7.38. The second kappa shape index (κ2) is 7.62. The van der Waals surface area contributed by atoms with Gasteiger partial charge in [-0.25, -0.2) is 8.42 Å². The van der Waals surface area contributed by atoms with E-state index in [1.165, 1.54) is 4.31 Å². The Morgan fingerprint density at radius 1 is 1.38 bits per heavy atom. The van der Waals surface area contributed by atoms with Gasteiger partial charge in [0.15, 0.2) is 0 Å². The van der Waals surface area contributed by atoms with Crippen LogP contribution in [0.4, 0.5) is 0 Å². The van der Waals surface area contributed by atoms with Gasteiger partial charge in [-0.15, -0.1) is 12.4 Å². The SMILES string of the molecule is CC(N)C1CCN(S(=O)(=O)c2cccc(Cl)c2Br)CC1.Cl. The van der Waals surface area contributed by atoms with Crippen molar-refractivity contribution >= 4 is 50.0 Å². The van der Waals surface area contributed by atoms with E-state index in [0.717, 1.165) is 12.8 Å². The van der Waals surface area contributed by atoms with E-state index in [1.54, 1.807) is 18.2 Å². The fraction of sp³-hybridized carbons (Fsp3) is 0.538. The summed E-state index contributed by atoms with van der Waals surface area (Å²) in [7, 11) is -3.50. The summed E-state index contributed by atoms with van der Waals surface area (Å²) in [5.41, 5.74) is 5.88. The van der Waals surface area contributed by atoms with Gasteiger partial charge in [0.05, 0.1) is 14.4 Å². The van der Waals surface area contributed by atoms with Gasteiger partial charge < -0.3 is 5.73 Å². The quantitative estimate of drug-likeness (QED) is 0.820. The fourth-order valence-electron chi connectivity index (χ4n) is 2.46. The number of nitrogens with zero attached hydrogens (tertiary/aromatic N) is 1. The molecule has 1 aromatic carbocycles. The number of rotatable bonds is 3. The first-order valence-electron chi connectivity index (χ1n) is 6.53. The van der Waals surface area contributed by atoms with Crippen molar-refractivity contribution < 1.29 is 8.42 Å². The molecule has 1 aromatic rings. The van der Waals surface area contributed by atoms with Gasteiger partial charge in [0.2, 0.25) is 10.0 Å². The van der Waals surface area contributed by atoms with Gasteiger partial charge in [-0.1, -0.05) is 17.7 Å². The van der Waals surface area contributed by atoms with E-state index in [2.05, 4.69) is 15.9 Å². The van der Waals surface area contributed by atoms with E-state index >= 15 is 0 Å². The van der Waals surface area contributed by atoms with Gasteiger partial charge in [-0.2, -0.15) is 4.31 Å². The summed E-state index contributed by atoms with van der Waals surface area (Å²) in [6.45, 7) is 2.99. The minimum Gasteiger partial charge on any atom is -0.328 e. The first kappa shape index (κ1) is 19.2. The number of hydrogen-bond acceptors (Lipinski definition) is 3. The molecule has 8 heteroatoms. The molecule has 1 heterocycles. The van der Waals surface area contributed by atoms with Gasteiger partial charge in [0.25, 0.3) is 0 Å². The Kier molecular flexibility index (Phi) is 6.96. The van der Waals surface area contributed by atoms with E-state index in [-0.39, 0.29) is 23.3 Å². The van der Waals surface area contributed by atoms with Gasteiger partial charge in [-0.3, -0.25) is 0 Å². The third kappa shape index (κ3) is 4.12. The zero-order chi connectivity index (χ0) is 14.9. The average Bonchev–Trinajstić information content (AvgIpc) is 2.41. The molecule has 1 atom stereocenters. The van der Waals surface area contributed by atoms with Crippen LogP contribution in [0.2, 0.25) is 5.02 Å². The highest BCUT2D eigenvalue weighted by atomic mass is 79.9. The van der Waals surface area contributed by atoms with Crippen LogP contribution >= 0.6 is 39.9 Å². The monoisotopic (exact) mass is 416 g/mol. The first-order valence-corrected chi connectivity index (χ1v) is 9.15. The number of benzene rings is 1. The van der Waals surface area contributed by atoms with Crippen molar-refractivity contribution in [1.82, 2.24) is 4.31 Å². The molecule has 0 saturated carbocycles. The molecule has 0 bridgehead atoms. The summed E-state index contributed by atoms with van der Waals surface area (Å²) in [4.78, 5) is 0.226. The van der Waals surface area contributed by atoms with Gasteiger partial charge in [-0.05, 0) is 53.7 Å². The summed E-state index contributed by atoms with van der Waals surface area (Å²) in [6.07, 6.45) is 1.60. The molecule has 1 saturated heterocycles. The normalized spacial score (nSPS) is 19.0. The van der Waals surface area contributed by atoms with Crippen molar-refractivity contribution in [2.45, 2.75) is 30.7 Å². The molecule has 0 aliphatic carbocycles. The van der Waals surface area contributed by atoms with Crippen molar-refractivity contribution in [2.75, 3.05) is 13.1 Å². The maximum Gasteiger partial charge on any atom is 0.244 e. The Labute approximate surface area is 145 Å². The highest BCUT2D eigenvalue weighted by Gasteiger charge is 2.31.